The average Bonchev–Trinajstić information content (AvgIpc) is 3.20. The molecule has 6 nitrogen and oxygen atoms in total. The number of rotatable bonds is 7. The summed E-state index contributed by atoms with van der Waals surface area (Å²) in [5.41, 5.74) is 4.93. The Bertz CT molecular complexity index is 1260. The molecule has 0 atom stereocenters. The molecule has 7 heteroatoms. The lowest BCUT2D eigenvalue weighted by Gasteiger charge is -2.05. The van der Waals surface area contributed by atoms with Gasteiger partial charge < -0.3 is 15.6 Å². The van der Waals surface area contributed by atoms with E-state index in [0.29, 0.717) is 12.0 Å². The highest BCUT2D eigenvalue weighted by Gasteiger charge is 2.10. The first-order valence-electron chi connectivity index (χ1n) is 10.4. The van der Waals surface area contributed by atoms with Gasteiger partial charge in [-0.1, -0.05) is 41.1 Å². The van der Waals surface area contributed by atoms with E-state index in [1.165, 1.54) is 0 Å². The van der Waals surface area contributed by atoms with E-state index in [4.69, 9.17) is 0 Å². The van der Waals surface area contributed by atoms with E-state index in [-0.39, 0.29) is 11.8 Å². The Morgan fingerprint density at radius 2 is 1.75 bits per heavy atom. The maximum absolute atomic E-state index is 12.6. The van der Waals surface area contributed by atoms with Gasteiger partial charge in [0.25, 0.3) is 5.91 Å². The Labute approximate surface area is 194 Å². The van der Waals surface area contributed by atoms with Gasteiger partial charge in [0, 0.05) is 34.3 Å². The van der Waals surface area contributed by atoms with Crippen molar-refractivity contribution in [2.45, 2.75) is 26.2 Å². The number of aromatic amines is 1. The number of carbonyl (C=O) groups is 2. The lowest BCUT2D eigenvalue weighted by molar-refractivity contribution is -0.115. The summed E-state index contributed by atoms with van der Waals surface area (Å²) in [5, 5.41) is 5.76. The van der Waals surface area contributed by atoms with Crippen molar-refractivity contribution in [1.82, 2.24) is 9.97 Å². The van der Waals surface area contributed by atoms with Gasteiger partial charge in [-0.3, -0.25) is 9.59 Å². The first-order valence-corrected chi connectivity index (χ1v) is 11.2. The lowest BCUT2D eigenvalue weighted by Crippen LogP contribution is -2.11. The van der Waals surface area contributed by atoms with Gasteiger partial charge >= 0.3 is 0 Å². The zero-order chi connectivity index (χ0) is 22.5. The number of nitrogens with one attached hydrogen (secondary N) is 3. The molecule has 0 aliphatic rings. The van der Waals surface area contributed by atoms with Crippen molar-refractivity contribution in [3.63, 3.8) is 0 Å². The number of anilines is 2. The second-order valence-electron chi connectivity index (χ2n) is 7.48. The van der Waals surface area contributed by atoms with Gasteiger partial charge in [0.15, 0.2) is 0 Å². The molecule has 32 heavy (non-hydrogen) atoms. The quantitative estimate of drug-likeness (QED) is 0.310. The van der Waals surface area contributed by atoms with Crippen LogP contribution in [0.4, 0.5) is 11.4 Å². The van der Waals surface area contributed by atoms with E-state index in [2.05, 4.69) is 36.5 Å². The predicted octanol–water partition coefficient (Wildman–Crippen LogP) is 5.71. The predicted molar refractivity (Wildman–Crippen MR) is 131 cm³/mol. The molecule has 1 heterocycles. The largest absolute Gasteiger partial charge is 0.342 e. The number of amides is 2. The van der Waals surface area contributed by atoms with Crippen LogP contribution in [0, 0.1) is 0 Å². The fourth-order valence-electron chi connectivity index (χ4n) is 3.36. The second kappa shape index (κ2) is 9.78. The maximum Gasteiger partial charge on any atom is 0.255 e. The monoisotopic (exact) mass is 490 g/mol. The molecule has 0 bridgehead atoms. The molecule has 1 aromatic heterocycles. The third kappa shape index (κ3) is 5.42. The van der Waals surface area contributed by atoms with Crippen molar-refractivity contribution in [3.8, 4) is 0 Å². The molecule has 4 rings (SSSR count). The molecule has 2 amide bonds. The smallest absolute Gasteiger partial charge is 0.255 e. The maximum atomic E-state index is 12.6. The highest BCUT2D eigenvalue weighted by atomic mass is 79.9. The standard InChI is InChI=1S/C25H23BrN4O2/c1-2-24(31)27-19-10-6-16(7-11-19)8-13-23-29-21-12-9-17(14-22(21)30-23)25(32)28-20-5-3-4-18(26)15-20/h3-7,9-12,14-15H,2,8,13H2,1H3,(H,27,31)(H,28,32)(H,29,30). The summed E-state index contributed by atoms with van der Waals surface area (Å²) in [6, 6.07) is 20.8. The molecular formula is C25H23BrN4O2. The van der Waals surface area contributed by atoms with Crippen molar-refractivity contribution < 1.29 is 9.59 Å². The van der Waals surface area contributed by atoms with E-state index in [9.17, 15) is 9.59 Å². The fraction of sp³-hybridized carbons (Fsp3) is 0.160. The molecule has 0 saturated heterocycles. The molecule has 0 fully saturated rings. The first-order chi connectivity index (χ1) is 15.5. The van der Waals surface area contributed by atoms with Gasteiger partial charge in [-0.05, 0) is 60.5 Å². The van der Waals surface area contributed by atoms with E-state index in [1.807, 2.05) is 67.6 Å². The van der Waals surface area contributed by atoms with Crippen molar-refractivity contribution in [1.29, 1.82) is 0 Å². The number of halogens is 1. The number of fused-ring (bicyclic) bond motifs is 1. The highest BCUT2D eigenvalue weighted by molar-refractivity contribution is 9.10. The van der Waals surface area contributed by atoms with Crippen molar-refractivity contribution in [2.75, 3.05) is 10.6 Å². The number of hydrogen-bond donors (Lipinski definition) is 3. The van der Waals surface area contributed by atoms with Crippen LogP contribution in [0.3, 0.4) is 0 Å². The number of nitrogens with zero attached hydrogens (tertiary/aromatic N) is 1. The molecule has 0 radical (unpaired) electrons. The molecule has 0 saturated carbocycles. The van der Waals surface area contributed by atoms with Crippen LogP contribution >= 0.6 is 15.9 Å². The Hall–Kier alpha value is -3.45. The molecule has 4 aromatic rings. The molecule has 0 aliphatic heterocycles. The Morgan fingerprint density at radius 3 is 2.50 bits per heavy atom. The molecule has 0 spiro atoms. The minimum absolute atomic E-state index is 0.00437. The third-order valence-corrected chi connectivity index (χ3v) is 5.58. The van der Waals surface area contributed by atoms with Crippen LogP contribution in [-0.4, -0.2) is 21.8 Å². The number of imidazole rings is 1. The van der Waals surface area contributed by atoms with E-state index in [1.54, 1.807) is 6.07 Å². The van der Waals surface area contributed by atoms with Crippen LogP contribution in [0.2, 0.25) is 0 Å². The lowest BCUT2D eigenvalue weighted by atomic mass is 10.1. The minimum atomic E-state index is -0.170. The third-order valence-electron chi connectivity index (χ3n) is 5.08. The first kappa shape index (κ1) is 21.8. The van der Waals surface area contributed by atoms with Crippen LogP contribution in [-0.2, 0) is 17.6 Å². The van der Waals surface area contributed by atoms with Crippen molar-refractivity contribution in [2.24, 2.45) is 0 Å². The van der Waals surface area contributed by atoms with E-state index >= 15 is 0 Å². The van der Waals surface area contributed by atoms with Crippen LogP contribution in [0.25, 0.3) is 11.0 Å². The zero-order valence-electron chi connectivity index (χ0n) is 17.6. The number of carbonyl (C=O) groups excluding carboxylic acids is 2. The van der Waals surface area contributed by atoms with E-state index < -0.39 is 0 Å². The van der Waals surface area contributed by atoms with Crippen LogP contribution in [0.15, 0.2) is 71.2 Å². The second-order valence-corrected chi connectivity index (χ2v) is 8.39. The summed E-state index contributed by atoms with van der Waals surface area (Å²) in [4.78, 5) is 32.1. The Morgan fingerprint density at radius 1 is 0.938 bits per heavy atom. The average molecular weight is 491 g/mol. The fourth-order valence-corrected chi connectivity index (χ4v) is 3.76. The number of H-pyrrole nitrogens is 1. The molecule has 0 aliphatic carbocycles. The number of aromatic nitrogens is 2. The van der Waals surface area contributed by atoms with Crippen LogP contribution < -0.4 is 10.6 Å². The topological polar surface area (TPSA) is 86.9 Å². The number of benzene rings is 3. The molecule has 162 valence electrons. The summed E-state index contributed by atoms with van der Waals surface area (Å²) in [7, 11) is 0. The van der Waals surface area contributed by atoms with Crippen molar-refractivity contribution in [3.05, 3.63) is 88.2 Å². The Balaban J connectivity index is 1.40. The molecule has 3 aromatic carbocycles. The molecule has 0 unspecified atom stereocenters. The van der Waals surface area contributed by atoms with E-state index in [0.717, 1.165) is 51.1 Å². The summed E-state index contributed by atoms with van der Waals surface area (Å²) >= 11 is 3.41. The summed E-state index contributed by atoms with van der Waals surface area (Å²) in [6.07, 6.45) is 2.02. The molecular weight excluding hydrogens is 468 g/mol. The summed E-state index contributed by atoms with van der Waals surface area (Å²) < 4.78 is 0.907. The summed E-state index contributed by atoms with van der Waals surface area (Å²) in [5.74, 6) is 0.703. The minimum Gasteiger partial charge on any atom is -0.342 e. The highest BCUT2D eigenvalue weighted by Crippen LogP contribution is 2.19. The van der Waals surface area contributed by atoms with Gasteiger partial charge in [-0.15, -0.1) is 0 Å². The SMILES string of the molecule is CCC(=O)Nc1ccc(CCc2nc3ccc(C(=O)Nc4cccc(Br)c4)cc3[nH]2)cc1. The van der Waals surface area contributed by atoms with Gasteiger partial charge in [-0.2, -0.15) is 0 Å². The summed E-state index contributed by atoms with van der Waals surface area (Å²) in [6.45, 7) is 1.83. The number of aryl methyl sites for hydroxylation is 2. The Kier molecular flexibility index (Phi) is 6.66. The van der Waals surface area contributed by atoms with Crippen LogP contribution in [0.1, 0.15) is 35.1 Å². The van der Waals surface area contributed by atoms with Crippen molar-refractivity contribution >= 4 is 50.2 Å². The van der Waals surface area contributed by atoms with Crippen LogP contribution in [0.5, 0.6) is 0 Å². The van der Waals surface area contributed by atoms with Gasteiger partial charge in [0.05, 0.1) is 11.0 Å². The van der Waals surface area contributed by atoms with Gasteiger partial charge in [0.1, 0.15) is 5.82 Å². The number of hydrogen-bond acceptors (Lipinski definition) is 3. The van der Waals surface area contributed by atoms with Gasteiger partial charge in [-0.25, -0.2) is 4.98 Å². The normalized spacial score (nSPS) is 10.8. The zero-order valence-corrected chi connectivity index (χ0v) is 19.2. The molecule has 3 N–H and O–H groups in total. The van der Waals surface area contributed by atoms with Gasteiger partial charge in [0.2, 0.25) is 5.91 Å².